The van der Waals surface area contributed by atoms with E-state index in [9.17, 15) is 8.78 Å². The largest absolute Gasteiger partial charge is 0.328 e. The summed E-state index contributed by atoms with van der Waals surface area (Å²) >= 11 is 0. The summed E-state index contributed by atoms with van der Waals surface area (Å²) in [5, 5.41) is 0. The zero-order valence-corrected chi connectivity index (χ0v) is 13.1. The van der Waals surface area contributed by atoms with Crippen LogP contribution >= 0.6 is 0 Å². The molecule has 0 saturated heterocycles. The number of rotatable bonds is 0. The van der Waals surface area contributed by atoms with Crippen LogP contribution in [0.25, 0.3) is 11.0 Å². The van der Waals surface area contributed by atoms with Crippen molar-refractivity contribution in [1.82, 2.24) is 9.97 Å². The fourth-order valence-electron chi connectivity index (χ4n) is 3.23. The van der Waals surface area contributed by atoms with E-state index in [4.69, 9.17) is 0 Å². The Morgan fingerprint density at radius 3 is 2.26 bits per heavy atom. The van der Waals surface area contributed by atoms with E-state index in [0.29, 0.717) is 16.9 Å². The van der Waals surface area contributed by atoms with Gasteiger partial charge in [0.05, 0.1) is 16.7 Å². The molecule has 23 heavy (non-hydrogen) atoms. The van der Waals surface area contributed by atoms with E-state index >= 15 is 0 Å². The second kappa shape index (κ2) is 4.47. The first kappa shape index (κ1) is 14.1. The number of halogens is 2. The molecule has 116 valence electrons. The summed E-state index contributed by atoms with van der Waals surface area (Å²) in [4.78, 5) is 11.1. The van der Waals surface area contributed by atoms with Crippen LogP contribution in [0.2, 0.25) is 0 Å². The Balaban J connectivity index is 2.07. The second-order valence-electron chi connectivity index (χ2n) is 6.35. The highest BCUT2D eigenvalue weighted by Gasteiger charge is 2.37. The lowest BCUT2D eigenvalue weighted by molar-refractivity contribution is 0.510. The van der Waals surface area contributed by atoms with Crippen molar-refractivity contribution >= 4 is 22.5 Å². The van der Waals surface area contributed by atoms with E-state index in [-0.39, 0.29) is 5.41 Å². The molecule has 4 rings (SSSR count). The van der Waals surface area contributed by atoms with Crippen molar-refractivity contribution in [3.05, 3.63) is 59.3 Å². The van der Waals surface area contributed by atoms with Gasteiger partial charge in [0.25, 0.3) is 0 Å². The number of aromatic nitrogens is 2. The van der Waals surface area contributed by atoms with Gasteiger partial charge in [-0.3, -0.25) is 0 Å². The normalized spacial score (nSPS) is 15.4. The van der Waals surface area contributed by atoms with Gasteiger partial charge in [-0.15, -0.1) is 0 Å². The third-order valence-corrected chi connectivity index (χ3v) is 4.54. The van der Waals surface area contributed by atoms with Crippen molar-refractivity contribution in [3.63, 3.8) is 0 Å². The summed E-state index contributed by atoms with van der Waals surface area (Å²) in [6.07, 6.45) is 0. The van der Waals surface area contributed by atoms with E-state index in [2.05, 4.69) is 29.9 Å². The molecule has 1 aromatic heterocycles. The molecule has 0 radical (unpaired) electrons. The Bertz CT molecular complexity index is 950. The summed E-state index contributed by atoms with van der Waals surface area (Å²) in [5.41, 5.74) is 3.28. The number of nitrogens with zero attached hydrogens (tertiary/aromatic N) is 3. The lowest BCUT2D eigenvalue weighted by Gasteiger charge is -2.38. The summed E-state index contributed by atoms with van der Waals surface area (Å²) in [6.45, 7) is 4.14. The van der Waals surface area contributed by atoms with E-state index < -0.39 is 11.6 Å². The van der Waals surface area contributed by atoms with E-state index in [1.165, 1.54) is 0 Å². The molecule has 2 aromatic carbocycles. The smallest absolute Gasteiger partial charge is 0.161 e. The fourth-order valence-corrected chi connectivity index (χ4v) is 3.23. The second-order valence-corrected chi connectivity index (χ2v) is 6.35. The molecule has 0 atom stereocenters. The van der Waals surface area contributed by atoms with Gasteiger partial charge in [-0.05, 0) is 25.5 Å². The molecule has 0 bridgehead atoms. The van der Waals surface area contributed by atoms with Gasteiger partial charge in [-0.1, -0.05) is 18.2 Å². The number of anilines is 2. The monoisotopic (exact) mass is 311 g/mol. The van der Waals surface area contributed by atoms with Crippen LogP contribution in [0, 0.1) is 11.6 Å². The maximum atomic E-state index is 13.5. The topological polar surface area (TPSA) is 29.0 Å². The maximum absolute atomic E-state index is 13.5. The molecule has 0 fully saturated rings. The first-order valence-corrected chi connectivity index (χ1v) is 7.40. The zero-order valence-electron chi connectivity index (χ0n) is 13.1. The molecule has 1 aliphatic heterocycles. The fraction of sp³-hybridized carbons (Fsp3) is 0.222. The average molecular weight is 311 g/mol. The average Bonchev–Trinajstić information content (AvgIpc) is 2.53. The van der Waals surface area contributed by atoms with Crippen LogP contribution in [0.4, 0.5) is 20.3 Å². The van der Waals surface area contributed by atoms with Gasteiger partial charge in [-0.2, -0.15) is 0 Å². The lowest BCUT2D eigenvalue weighted by Crippen LogP contribution is -2.32. The van der Waals surface area contributed by atoms with Gasteiger partial charge < -0.3 is 4.90 Å². The van der Waals surface area contributed by atoms with Crippen molar-refractivity contribution in [1.29, 1.82) is 0 Å². The molecule has 5 heteroatoms. The van der Waals surface area contributed by atoms with Crippen LogP contribution in [-0.2, 0) is 5.41 Å². The zero-order chi connectivity index (χ0) is 16.4. The van der Waals surface area contributed by atoms with Crippen molar-refractivity contribution < 1.29 is 8.78 Å². The van der Waals surface area contributed by atoms with Crippen LogP contribution in [0.3, 0.4) is 0 Å². The lowest BCUT2D eigenvalue weighted by atomic mass is 9.77. The Kier molecular flexibility index (Phi) is 2.73. The minimum absolute atomic E-state index is 0.352. The highest BCUT2D eigenvalue weighted by atomic mass is 19.2. The molecule has 0 amide bonds. The van der Waals surface area contributed by atoms with Crippen LogP contribution < -0.4 is 4.90 Å². The standard InChI is InChI=1S/C18H15F2N3/c1-18(2)10-6-4-5-7-15(10)23(3)17-16(18)21-13-8-11(19)12(20)9-14(13)22-17/h4-9H,1-3H3. The molecule has 0 spiro atoms. The number of benzene rings is 2. The molecule has 3 nitrogen and oxygen atoms in total. The van der Waals surface area contributed by atoms with E-state index in [0.717, 1.165) is 29.1 Å². The summed E-state index contributed by atoms with van der Waals surface area (Å²) in [7, 11) is 1.91. The van der Waals surface area contributed by atoms with Crippen LogP contribution in [0.5, 0.6) is 0 Å². The molecule has 0 unspecified atom stereocenters. The number of hydrogen-bond acceptors (Lipinski definition) is 3. The van der Waals surface area contributed by atoms with Gasteiger partial charge in [0.2, 0.25) is 0 Å². The predicted molar refractivity (Wildman–Crippen MR) is 86.1 cm³/mol. The van der Waals surface area contributed by atoms with Crippen molar-refractivity contribution in [2.24, 2.45) is 0 Å². The minimum atomic E-state index is -0.912. The third kappa shape index (κ3) is 1.86. The first-order chi connectivity index (χ1) is 10.9. The Hall–Kier alpha value is -2.56. The van der Waals surface area contributed by atoms with Gasteiger partial charge in [-0.25, -0.2) is 18.7 Å². The molecule has 2 heterocycles. The van der Waals surface area contributed by atoms with Gasteiger partial charge >= 0.3 is 0 Å². The van der Waals surface area contributed by atoms with Crippen molar-refractivity contribution in [2.75, 3.05) is 11.9 Å². The maximum Gasteiger partial charge on any atom is 0.161 e. The summed E-state index contributed by atoms with van der Waals surface area (Å²) in [6, 6.07) is 10.2. The van der Waals surface area contributed by atoms with Crippen molar-refractivity contribution in [2.45, 2.75) is 19.3 Å². The predicted octanol–water partition coefficient (Wildman–Crippen LogP) is 4.32. The molecular formula is C18H15F2N3. The number of fused-ring (bicyclic) bond motifs is 3. The van der Waals surface area contributed by atoms with Gasteiger partial charge in [0, 0.05) is 30.3 Å². The Morgan fingerprint density at radius 2 is 1.57 bits per heavy atom. The third-order valence-electron chi connectivity index (χ3n) is 4.54. The molecule has 0 aliphatic carbocycles. The van der Waals surface area contributed by atoms with Crippen LogP contribution in [0.1, 0.15) is 25.1 Å². The summed E-state index contributed by atoms with van der Waals surface area (Å²) < 4.78 is 27.0. The van der Waals surface area contributed by atoms with E-state index in [1.54, 1.807) is 0 Å². The SMILES string of the molecule is CN1c2ccccc2C(C)(C)c2nc3cc(F)c(F)cc3nc21. The summed E-state index contributed by atoms with van der Waals surface area (Å²) in [5.74, 6) is -1.15. The quantitative estimate of drug-likeness (QED) is 0.619. The van der Waals surface area contributed by atoms with Gasteiger partial charge in [0.15, 0.2) is 17.5 Å². The highest BCUT2D eigenvalue weighted by Crippen LogP contribution is 2.46. The first-order valence-electron chi connectivity index (χ1n) is 7.40. The highest BCUT2D eigenvalue weighted by molar-refractivity contribution is 5.81. The number of para-hydroxylation sites is 1. The van der Waals surface area contributed by atoms with Crippen molar-refractivity contribution in [3.8, 4) is 0 Å². The van der Waals surface area contributed by atoms with Crippen LogP contribution in [0.15, 0.2) is 36.4 Å². The minimum Gasteiger partial charge on any atom is -0.328 e. The van der Waals surface area contributed by atoms with E-state index in [1.807, 2.05) is 30.1 Å². The van der Waals surface area contributed by atoms with Gasteiger partial charge in [0.1, 0.15) is 0 Å². The Labute approximate surface area is 132 Å². The Morgan fingerprint density at radius 1 is 0.957 bits per heavy atom. The number of hydrogen-bond donors (Lipinski definition) is 0. The molecular weight excluding hydrogens is 296 g/mol. The molecule has 1 aliphatic rings. The van der Waals surface area contributed by atoms with Crippen LogP contribution in [-0.4, -0.2) is 17.0 Å². The molecule has 0 N–H and O–H groups in total. The molecule has 0 saturated carbocycles. The molecule has 3 aromatic rings.